The van der Waals surface area contributed by atoms with Crippen LogP contribution in [0, 0.1) is 0 Å². The summed E-state index contributed by atoms with van der Waals surface area (Å²) in [4.78, 5) is 12.5. The summed E-state index contributed by atoms with van der Waals surface area (Å²) in [6, 6.07) is 13.2. The standard InChI is InChI=1S/C20H26N2O5S/c1-5-19(15-6-8-16(26-3)9-7-15)21-20(23)14-22(2)28(24,25)18-12-10-17(27-4)11-13-18/h6-13,19H,5,14H2,1-4H3,(H,21,23)/t19-/m1/s1. The molecule has 0 bridgehead atoms. The minimum atomic E-state index is -3.77. The number of hydrogen-bond acceptors (Lipinski definition) is 5. The molecule has 1 amide bonds. The number of carbonyl (C=O) groups excluding carboxylic acids is 1. The second-order valence-electron chi connectivity index (χ2n) is 6.24. The SMILES string of the molecule is CC[C@@H](NC(=O)CN(C)S(=O)(=O)c1ccc(OC)cc1)c1ccc(OC)cc1. The highest BCUT2D eigenvalue weighted by Crippen LogP contribution is 2.21. The van der Waals surface area contributed by atoms with Crippen molar-refractivity contribution in [1.29, 1.82) is 0 Å². The van der Waals surface area contributed by atoms with E-state index in [4.69, 9.17) is 9.47 Å². The molecule has 0 radical (unpaired) electrons. The molecule has 0 saturated carbocycles. The molecule has 0 fully saturated rings. The molecule has 0 heterocycles. The molecule has 0 unspecified atom stereocenters. The van der Waals surface area contributed by atoms with Gasteiger partial charge in [0.25, 0.3) is 0 Å². The van der Waals surface area contributed by atoms with Gasteiger partial charge in [-0.2, -0.15) is 4.31 Å². The van der Waals surface area contributed by atoms with Gasteiger partial charge in [-0.1, -0.05) is 19.1 Å². The maximum Gasteiger partial charge on any atom is 0.243 e. The van der Waals surface area contributed by atoms with E-state index in [2.05, 4.69) is 5.32 Å². The van der Waals surface area contributed by atoms with E-state index in [1.165, 1.54) is 26.3 Å². The average molecular weight is 407 g/mol. The fourth-order valence-corrected chi connectivity index (χ4v) is 3.84. The summed E-state index contributed by atoms with van der Waals surface area (Å²) >= 11 is 0. The number of nitrogens with zero attached hydrogens (tertiary/aromatic N) is 1. The van der Waals surface area contributed by atoms with E-state index in [9.17, 15) is 13.2 Å². The average Bonchev–Trinajstić information content (AvgIpc) is 2.72. The second-order valence-corrected chi connectivity index (χ2v) is 8.28. The number of hydrogen-bond donors (Lipinski definition) is 1. The first kappa shape index (κ1) is 21.7. The van der Waals surface area contributed by atoms with Gasteiger partial charge in [-0.25, -0.2) is 8.42 Å². The zero-order chi connectivity index (χ0) is 20.7. The van der Waals surface area contributed by atoms with Gasteiger partial charge in [0.1, 0.15) is 11.5 Å². The van der Waals surface area contributed by atoms with E-state index >= 15 is 0 Å². The van der Waals surface area contributed by atoms with Gasteiger partial charge in [0.15, 0.2) is 0 Å². The number of ether oxygens (including phenoxy) is 2. The van der Waals surface area contributed by atoms with Crippen LogP contribution in [0.15, 0.2) is 53.4 Å². The Hall–Kier alpha value is -2.58. The Morgan fingerprint density at radius 1 is 1.00 bits per heavy atom. The van der Waals surface area contributed by atoms with Crippen LogP contribution in [0.2, 0.25) is 0 Å². The minimum Gasteiger partial charge on any atom is -0.497 e. The van der Waals surface area contributed by atoms with Gasteiger partial charge >= 0.3 is 0 Å². The summed E-state index contributed by atoms with van der Waals surface area (Å²) in [5.41, 5.74) is 0.928. The highest BCUT2D eigenvalue weighted by atomic mass is 32.2. The van der Waals surface area contributed by atoms with Crippen molar-refractivity contribution in [2.24, 2.45) is 0 Å². The van der Waals surface area contributed by atoms with E-state index in [0.717, 1.165) is 15.6 Å². The van der Waals surface area contributed by atoms with Crippen molar-refractivity contribution in [3.05, 3.63) is 54.1 Å². The molecule has 1 atom stereocenters. The molecular weight excluding hydrogens is 380 g/mol. The van der Waals surface area contributed by atoms with Crippen molar-refractivity contribution in [3.63, 3.8) is 0 Å². The normalized spacial score (nSPS) is 12.5. The highest BCUT2D eigenvalue weighted by molar-refractivity contribution is 7.89. The van der Waals surface area contributed by atoms with Crippen LogP contribution in [-0.4, -0.2) is 46.4 Å². The smallest absolute Gasteiger partial charge is 0.243 e. The number of benzene rings is 2. The van der Waals surface area contributed by atoms with E-state index in [0.29, 0.717) is 12.2 Å². The third-order valence-electron chi connectivity index (χ3n) is 4.40. The van der Waals surface area contributed by atoms with E-state index in [1.54, 1.807) is 19.2 Å². The Morgan fingerprint density at radius 3 is 1.96 bits per heavy atom. The molecule has 2 aromatic rings. The van der Waals surface area contributed by atoms with E-state index in [-0.39, 0.29) is 23.4 Å². The van der Waals surface area contributed by atoms with Crippen LogP contribution >= 0.6 is 0 Å². The van der Waals surface area contributed by atoms with Crippen LogP contribution in [-0.2, 0) is 14.8 Å². The summed E-state index contributed by atoms with van der Waals surface area (Å²) < 4.78 is 36.5. The lowest BCUT2D eigenvalue weighted by Gasteiger charge is -2.21. The van der Waals surface area contributed by atoms with E-state index < -0.39 is 10.0 Å². The summed E-state index contributed by atoms with van der Waals surface area (Å²) in [7, 11) is 0.705. The van der Waals surface area contributed by atoms with Gasteiger partial charge in [-0.15, -0.1) is 0 Å². The largest absolute Gasteiger partial charge is 0.497 e. The Balaban J connectivity index is 2.04. The van der Waals surface area contributed by atoms with Crippen molar-refractivity contribution in [2.45, 2.75) is 24.3 Å². The predicted octanol–water partition coefficient (Wildman–Crippen LogP) is 2.59. The van der Waals surface area contributed by atoms with Crippen LogP contribution in [0.3, 0.4) is 0 Å². The molecule has 0 spiro atoms. The zero-order valence-electron chi connectivity index (χ0n) is 16.5. The lowest BCUT2D eigenvalue weighted by atomic mass is 10.0. The van der Waals surface area contributed by atoms with Crippen molar-refractivity contribution in [1.82, 2.24) is 9.62 Å². The molecule has 1 N–H and O–H groups in total. The lowest BCUT2D eigenvalue weighted by Crippen LogP contribution is -2.39. The fourth-order valence-electron chi connectivity index (χ4n) is 2.71. The fraction of sp³-hybridized carbons (Fsp3) is 0.350. The van der Waals surface area contributed by atoms with Crippen molar-refractivity contribution >= 4 is 15.9 Å². The van der Waals surface area contributed by atoms with Crippen molar-refractivity contribution in [2.75, 3.05) is 27.8 Å². The first-order valence-corrected chi connectivity index (χ1v) is 10.3. The monoisotopic (exact) mass is 406 g/mol. The number of likely N-dealkylation sites (N-methyl/N-ethyl adjacent to an activating group) is 1. The van der Waals surface area contributed by atoms with Gasteiger partial charge in [0.05, 0.1) is 31.7 Å². The van der Waals surface area contributed by atoms with Gasteiger partial charge in [0.2, 0.25) is 15.9 Å². The zero-order valence-corrected chi connectivity index (χ0v) is 17.3. The quantitative estimate of drug-likeness (QED) is 0.692. The molecule has 152 valence electrons. The molecule has 8 heteroatoms. The van der Waals surface area contributed by atoms with Gasteiger partial charge in [-0.3, -0.25) is 4.79 Å². The molecule has 0 aromatic heterocycles. The Morgan fingerprint density at radius 2 is 1.50 bits per heavy atom. The van der Waals surface area contributed by atoms with Gasteiger partial charge < -0.3 is 14.8 Å². The van der Waals surface area contributed by atoms with Crippen molar-refractivity contribution < 1.29 is 22.7 Å². The van der Waals surface area contributed by atoms with Crippen molar-refractivity contribution in [3.8, 4) is 11.5 Å². The summed E-state index contributed by atoms with van der Waals surface area (Å²) in [5, 5.41) is 2.89. The lowest BCUT2D eigenvalue weighted by molar-refractivity contribution is -0.121. The molecule has 0 saturated heterocycles. The molecule has 0 aliphatic carbocycles. The van der Waals surface area contributed by atoms with Crippen LogP contribution in [0.5, 0.6) is 11.5 Å². The van der Waals surface area contributed by atoms with Gasteiger partial charge in [0, 0.05) is 7.05 Å². The van der Waals surface area contributed by atoms with Crippen LogP contribution < -0.4 is 14.8 Å². The molecule has 2 rings (SSSR count). The second kappa shape index (κ2) is 9.57. The molecule has 0 aliphatic rings. The topological polar surface area (TPSA) is 84.9 Å². The Kier molecular flexibility index (Phi) is 7.42. The van der Waals surface area contributed by atoms with Crippen LogP contribution in [0.4, 0.5) is 0 Å². The maximum absolute atomic E-state index is 12.7. The number of methoxy groups -OCH3 is 2. The number of rotatable bonds is 9. The number of sulfonamides is 1. The summed E-state index contributed by atoms with van der Waals surface area (Å²) in [6.07, 6.45) is 0.674. The third-order valence-corrected chi connectivity index (χ3v) is 6.21. The number of amides is 1. The summed E-state index contributed by atoms with van der Waals surface area (Å²) in [6.45, 7) is 1.67. The third kappa shape index (κ3) is 5.24. The minimum absolute atomic E-state index is 0.103. The Labute approximate surface area is 166 Å². The van der Waals surface area contributed by atoms with Crippen LogP contribution in [0.1, 0.15) is 24.9 Å². The molecule has 2 aromatic carbocycles. The first-order chi connectivity index (χ1) is 13.3. The Bertz CT molecular complexity index is 880. The van der Waals surface area contributed by atoms with E-state index in [1.807, 2.05) is 31.2 Å². The number of carbonyl (C=O) groups is 1. The summed E-state index contributed by atoms with van der Waals surface area (Å²) in [5.74, 6) is 0.919. The highest BCUT2D eigenvalue weighted by Gasteiger charge is 2.24. The maximum atomic E-state index is 12.7. The number of nitrogens with one attached hydrogen (secondary N) is 1. The molecule has 28 heavy (non-hydrogen) atoms. The first-order valence-electron chi connectivity index (χ1n) is 8.85. The molecule has 7 nitrogen and oxygen atoms in total. The predicted molar refractivity (Wildman–Crippen MR) is 107 cm³/mol. The molecule has 0 aliphatic heterocycles. The van der Waals surface area contributed by atoms with Gasteiger partial charge in [-0.05, 0) is 48.4 Å². The molecular formula is C20H26N2O5S. The van der Waals surface area contributed by atoms with Crippen LogP contribution in [0.25, 0.3) is 0 Å².